The lowest BCUT2D eigenvalue weighted by atomic mass is 9.84. The molecular formula is C24H29O2P. The Bertz CT molecular complexity index is 790. The van der Waals surface area contributed by atoms with Crippen LogP contribution in [0, 0.1) is 5.92 Å². The van der Waals surface area contributed by atoms with Crippen LogP contribution in [0.3, 0.4) is 0 Å². The molecule has 3 heteroatoms. The number of allylic oxidation sites excluding steroid dienone is 2. The van der Waals surface area contributed by atoms with E-state index in [2.05, 4.69) is 0 Å². The lowest BCUT2D eigenvalue weighted by Crippen LogP contribution is -2.38. The van der Waals surface area contributed by atoms with E-state index in [0.29, 0.717) is 0 Å². The fraction of sp³-hybridized carbons (Fsp3) is 0.375. The molecule has 0 aliphatic heterocycles. The molecule has 0 bridgehead atoms. The zero-order chi connectivity index (χ0) is 19.3. The fourth-order valence-corrected chi connectivity index (χ4v) is 7.87. The second-order valence-electron chi connectivity index (χ2n) is 7.51. The van der Waals surface area contributed by atoms with Gasteiger partial charge in [0.1, 0.15) is 0 Å². The number of benzene rings is 2. The third kappa shape index (κ3) is 4.01. The van der Waals surface area contributed by atoms with Crippen molar-refractivity contribution in [2.24, 2.45) is 5.92 Å². The number of carbonyl (C=O) groups is 1. The Hall–Kier alpha value is -1.92. The average molecular weight is 380 g/mol. The van der Waals surface area contributed by atoms with Crippen molar-refractivity contribution in [2.45, 2.75) is 51.6 Å². The second kappa shape index (κ2) is 8.85. The molecule has 0 radical (unpaired) electrons. The number of hydrogen-bond donors (Lipinski definition) is 0. The molecule has 0 spiro atoms. The Kier molecular flexibility index (Phi) is 6.50. The van der Waals surface area contributed by atoms with E-state index in [-0.39, 0.29) is 11.7 Å². The Balaban J connectivity index is 2.22. The maximum absolute atomic E-state index is 14.8. The molecule has 2 nitrogen and oxygen atoms in total. The van der Waals surface area contributed by atoms with Crippen molar-refractivity contribution in [2.75, 3.05) is 0 Å². The second-order valence-corrected chi connectivity index (χ2v) is 10.4. The van der Waals surface area contributed by atoms with Gasteiger partial charge in [-0.3, -0.25) is 4.79 Å². The van der Waals surface area contributed by atoms with E-state index in [0.717, 1.165) is 41.9 Å². The Morgan fingerprint density at radius 3 is 1.85 bits per heavy atom. The smallest absolute Gasteiger partial charge is 0.169 e. The van der Waals surface area contributed by atoms with Crippen LogP contribution in [-0.4, -0.2) is 11.4 Å². The van der Waals surface area contributed by atoms with Crippen LogP contribution in [0.25, 0.3) is 0 Å². The quantitative estimate of drug-likeness (QED) is 0.491. The Labute approximate surface area is 163 Å². The lowest BCUT2D eigenvalue weighted by Gasteiger charge is -2.36. The highest BCUT2D eigenvalue weighted by atomic mass is 31.2. The van der Waals surface area contributed by atoms with Crippen molar-refractivity contribution < 1.29 is 9.36 Å². The van der Waals surface area contributed by atoms with Crippen LogP contribution in [-0.2, 0) is 9.36 Å². The van der Waals surface area contributed by atoms with Crippen molar-refractivity contribution in [1.29, 1.82) is 0 Å². The topological polar surface area (TPSA) is 34.1 Å². The van der Waals surface area contributed by atoms with Gasteiger partial charge in [0, 0.05) is 10.6 Å². The molecule has 1 atom stereocenters. The predicted molar refractivity (Wildman–Crippen MR) is 115 cm³/mol. The maximum Gasteiger partial charge on any atom is 0.169 e. The van der Waals surface area contributed by atoms with Gasteiger partial charge in [-0.05, 0) is 38.2 Å². The van der Waals surface area contributed by atoms with E-state index in [1.165, 1.54) is 6.42 Å². The normalized spacial score (nSPS) is 17.5. The highest BCUT2D eigenvalue weighted by Gasteiger charge is 2.45. The summed E-state index contributed by atoms with van der Waals surface area (Å²) in [5, 5.41) is 1.59. The van der Waals surface area contributed by atoms with Crippen LogP contribution in [0.4, 0.5) is 0 Å². The molecule has 0 saturated heterocycles. The number of ketones is 1. The summed E-state index contributed by atoms with van der Waals surface area (Å²) < 4.78 is 14.8. The van der Waals surface area contributed by atoms with E-state index >= 15 is 0 Å². The molecular weight excluding hydrogens is 351 g/mol. The molecule has 1 aliphatic rings. The molecule has 2 aromatic rings. The molecule has 0 N–H and O–H groups in total. The minimum absolute atomic E-state index is 0.0560. The van der Waals surface area contributed by atoms with Crippen molar-refractivity contribution >= 4 is 23.5 Å². The maximum atomic E-state index is 14.8. The lowest BCUT2D eigenvalue weighted by molar-refractivity contribution is -0.116. The van der Waals surface area contributed by atoms with Crippen LogP contribution in [0.15, 0.2) is 72.3 Å². The molecule has 1 saturated carbocycles. The van der Waals surface area contributed by atoms with Crippen molar-refractivity contribution in [1.82, 2.24) is 0 Å². The number of carbonyl (C=O) groups excluding carboxylic acids is 1. The first kappa shape index (κ1) is 19.8. The third-order valence-corrected chi connectivity index (χ3v) is 9.43. The van der Waals surface area contributed by atoms with Crippen molar-refractivity contribution in [3.05, 3.63) is 72.3 Å². The van der Waals surface area contributed by atoms with Crippen LogP contribution < -0.4 is 10.6 Å². The molecule has 3 rings (SSSR count). The number of hydrogen-bond acceptors (Lipinski definition) is 2. The van der Waals surface area contributed by atoms with Gasteiger partial charge >= 0.3 is 0 Å². The first-order valence-electron chi connectivity index (χ1n) is 9.97. The molecule has 0 heterocycles. The summed E-state index contributed by atoms with van der Waals surface area (Å²) in [4.78, 5) is 13.5. The standard InChI is InChI=1S/C24H29O2P/c1-3-19(2)23(25)24(20-13-7-4-8-14-20)27(26,21-15-9-5-10-16-21)22-17-11-6-12-18-22/h3,5-6,9-12,15-18,20,24H,4,7-8,13-14H2,1-2H3/b19-3+. The molecule has 1 unspecified atom stereocenters. The fourth-order valence-electron chi connectivity index (χ4n) is 4.27. The van der Waals surface area contributed by atoms with Crippen LogP contribution in [0.5, 0.6) is 0 Å². The molecule has 1 fully saturated rings. The van der Waals surface area contributed by atoms with Gasteiger partial charge in [-0.25, -0.2) is 0 Å². The van der Waals surface area contributed by atoms with Gasteiger partial charge in [0.05, 0.1) is 5.66 Å². The summed E-state index contributed by atoms with van der Waals surface area (Å²) in [5.74, 6) is 0.229. The van der Waals surface area contributed by atoms with E-state index in [1.807, 2.05) is 80.6 Å². The Morgan fingerprint density at radius 2 is 1.41 bits per heavy atom. The van der Waals surface area contributed by atoms with E-state index < -0.39 is 12.8 Å². The first-order chi connectivity index (χ1) is 13.1. The Morgan fingerprint density at radius 1 is 0.926 bits per heavy atom. The van der Waals surface area contributed by atoms with E-state index in [4.69, 9.17) is 0 Å². The van der Waals surface area contributed by atoms with Gasteiger partial charge < -0.3 is 4.57 Å². The van der Waals surface area contributed by atoms with Crippen LogP contribution in [0.2, 0.25) is 0 Å². The van der Waals surface area contributed by atoms with E-state index in [9.17, 15) is 9.36 Å². The zero-order valence-corrected chi connectivity index (χ0v) is 17.2. The predicted octanol–water partition coefficient (Wildman–Crippen LogP) is 5.48. The third-order valence-electron chi connectivity index (χ3n) is 5.86. The monoisotopic (exact) mass is 380 g/mol. The summed E-state index contributed by atoms with van der Waals surface area (Å²) in [6, 6.07) is 19.3. The molecule has 2 aromatic carbocycles. The first-order valence-corrected chi connectivity index (χ1v) is 11.7. The molecule has 0 aromatic heterocycles. The summed E-state index contributed by atoms with van der Waals surface area (Å²) in [7, 11) is -3.12. The highest BCUT2D eigenvalue weighted by Crippen LogP contribution is 2.54. The molecule has 0 amide bonds. The van der Waals surface area contributed by atoms with Gasteiger partial charge in [0.2, 0.25) is 0 Å². The van der Waals surface area contributed by atoms with Gasteiger partial charge in [-0.1, -0.05) is 86.0 Å². The minimum atomic E-state index is -3.12. The molecule has 1 aliphatic carbocycles. The van der Waals surface area contributed by atoms with Crippen molar-refractivity contribution in [3.8, 4) is 0 Å². The van der Waals surface area contributed by atoms with Gasteiger partial charge in [0.15, 0.2) is 12.9 Å². The van der Waals surface area contributed by atoms with E-state index in [1.54, 1.807) is 0 Å². The van der Waals surface area contributed by atoms with Gasteiger partial charge in [-0.15, -0.1) is 0 Å². The molecule has 27 heavy (non-hydrogen) atoms. The minimum Gasteiger partial charge on any atom is -0.313 e. The van der Waals surface area contributed by atoms with Gasteiger partial charge in [-0.2, -0.15) is 0 Å². The largest absolute Gasteiger partial charge is 0.313 e. The summed E-state index contributed by atoms with van der Waals surface area (Å²) in [6.07, 6.45) is 7.27. The summed E-state index contributed by atoms with van der Waals surface area (Å²) >= 11 is 0. The number of Topliss-reactive ketones (excluding diaryl/α,β-unsaturated/α-hetero) is 1. The van der Waals surface area contributed by atoms with Gasteiger partial charge in [0.25, 0.3) is 0 Å². The average Bonchev–Trinajstić information content (AvgIpc) is 2.75. The summed E-state index contributed by atoms with van der Waals surface area (Å²) in [5.41, 5.74) is 0.247. The highest BCUT2D eigenvalue weighted by molar-refractivity contribution is 7.80. The van der Waals surface area contributed by atoms with Crippen molar-refractivity contribution in [3.63, 3.8) is 0 Å². The zero-order valence-electron chi connectivity index (χ0n) is 16.3. The SMILES string of the molecule is C/C=C(\C)C(=O)C(C1CCCCC1)P(=O)(c1ccccc1)c1ccccc1. The summed E-state index contributed by atoms with van der Waals surface area (Å²) in [6.45, 7) is 3.75. The molecule has 142 valence electrons. The van der Waals surface area contributed by atoms with Crippen LogP contribution in [0.1, 0.15) is 46.0 Å². The van der Waals surface area contributed by atoms with Crippen LogP contribution >= 0.6 is 7.14 Å². The number of rotatable bonds is 6.